The van der Waals surface area contributed by atoms with Crippen molar-refractivity contribution >= 4 is 10.9 Å². The Balaban J connectivity index is 1.48. The molecule has 5 rings (SSSR count). The van der Waals surface area contributed by atoms with Crippen molar-refractivity contribution in [1.82, 2.24) is 30.1 Å². The van der Waals surface area contributed by atoms with Crippen molar-refractivity contribution in [3.8, 4) is 0 Å². The number of rotatable bonds is 7. The van der Waals surface area contributed by atoms with Crippen molar-refractivity contribution in [3.05, 3.63) is 86.5 Å². The van der Waals surface area contributed by atoms with E-state index >= 15 is 0 Å². The number of aromatic nitrogens is 5. The Morgan fingerprint density at radius 1 is 0.971 bits per heavy atom. The molecule has 1 fully saturated rings. The van der Waals surface area contributed by atoms with Gasteiger partial charge in [0.25, 0.3) is 5.56 Å². The molecule has 0 amide bonds. The lowest BCUT2D eigenvalue weighted by Crippen LogP contribution is -2.28. The molecule has 176 valence electrons. The van der Waals surface area contributed by atoms with Crippen LogP contribution in [-0.2, 0) is 19.6 Å². The van der Waals surface area contributed by atoms with Gasteiger partial charge in [0.15, 0.2) is 5.82 Å². The van der Waals surface area contributed by atoms with E-state index in [2.05, 4.69) is 81.7 Å². The van der Waals surface area contributed by atoms with E-state index in [1.807, 2.05) is 11.6 Å². The van der Waals surface area contributed by atoms with E-state index in [0.717, 1.165) is 46.3 Å². The zero-order valence-electron chi connectivity index (χ0n) is 20.2. The Morgan fingerprint density at radius 2 is 1.71 bits per heavy atom. The molecule has 7 heteroatoms. The van der Waals surface area contributed by atoms with Crippen LogP contribution >= 0.6 is 0 Å². The van der Waals surface area contributed by atoms with Crippen LogP contribution in [0.25, 0.3) is 10.9 Å². The molecule has 34 heavy (non-hydrogen) atoms. The maximum absolute atomic E-state index is 13.1. The monoisotopic (exact) mass is 456 g/mol. The summed E-state index contributed by atoms with van der Waals surface area (Å²) in [5.74, 6) is 0.864. The van der Waals surface area contributed by atoms with Gasteiger partial charge in [-0.3, -0.25) is 9.69 Å². The first-order valence-electron chi connectivity index (χ1n) is 12.1. The molecule has 0 atom stereocenters. The third kappa shape index (κ3) is 4.66. The summed E-state index contributed by atoms with van der Waals surface area (Å²) in [6.45, 7) is 8.03. The van der Waals surface area contributed by atoms with Gasteiger partial charge in [-0.15, -0.1) is 5.10 Å². The molecule has 0 saturated heterocycles. The molecular formula is C27H32N6O. The largest absolute Gasteiger partial charge is 0.321 e. The van der Waals surface area contributed by atoms with Gasteiger partial charge < -0.3 is 4.98 Å². The van der Waals surface area contributed by atoms with Gasteiger partial charge in [0.1, 0.15) is 0 Å². The molecule has 2 heterocycles. The molecule has 0 bridgehead atoms. The second-order valence-electron chi connectivity index (χ2n) is 9.72. The minimum Gasteiger partial charge on any atom is -0.321 e. The van der Waals surface area contributed by atoms with Crippen molar-refractivity contribution in [1.29, 1.82) is 0 Å². The zero-order chi connectivity index (χ0) is 23.7. The summed E-state index contributed by atoms with van der Waals surface area (Å²) >= 11 is 0. The fraction of sp³-hybridized carbons (Fsp3) is 0.407. The van der Waals surface area contributed by atoms with E-state index in [9.17, 15) is 4.79 Å². The average molecular weight is 457 g/mol. The van der Waals surface area contributed by atoms with Crippen molar-refractivity contribution in [2.75, 3.05) is 0 Å². The lowest BCUT2D eigenvalue weighted by molar-refractivity contribution is 0.231. The van der Waals surface area contributed by atoms with Crippen LogP contribution in [0.15, 0.2) is 47.3 Å². The highest BCUT2D eigenvalue weighted by Gasteiger charge is 2.23. The summed E-state index contributed by atoms with van der Waals surface area (Å²) in [5.41, 5.74) is 6.32. The molecule has 1 N–H and O–H groups in total. The number of tetrazole rings is 1. The average Bonchev–Trinajstić information content (AvgIpc) is 3.51. The number of aryl methyl sites for hydroxylation is 3. The fourth-order valence-corrected chi connectivity index (χ4v) is 5.04. The summed E-state index contributed by atoms with van der Waals surface area (Å²) in [6, 6.07) is 15.2. The number of aromatic amines is 1. The predicted molar refractivity (Wildman–Crippen MR) is 133 cm³/mol. The Labute approximate surface area is 199 Å². The maximum atomic E-state index is 13.1. The first-order chi connectivity index (χ1) is 16.5. The van der Waals surface area contributed by atoms with Crippen molar-refractivity contribution in [2.24, 2.45) is 0 Å². The van der Waals surface area contributed by atoms with Crippen LogP contribution in [-0.4, -0.2) is 30.1 Å². The fourth-order valence-electron chi connectivity index (χ4n) is 5.04. The number of pyridine rings is 1. The topological polar surface area (TPSA) is 79.7 Å². The zero-order valence-corrected chi connectivity index (χ0v) is 20.2. The summed E-state index contributed by atoms with van der Waals surface area (Å²) in [4.78, 5) is 18.5. The molecule has 1 saturated carbocycles. The van der Waals surface area contributed by atoms with Gasteiger partial charge in [-0.05, 0) is 66.8 Å². The Bertz CT molecular complexity index is 1350. The lowest BCUT2D eigenvalue weighted by Gasteiger charge is -2.23. The second-order valence-corrected chi connectivity index (χ2v) is 9.72. The van der Waals surface area contributed by atoms with Crippen LogP contribution < -0.4 is 5.56 Å². The number of fused-ring (bicyclic) bond motifs is 1. The van der Waals surface area contributed by atoms with Crippen LogP contribution in [0.3, 0.4) is 0 Å². The highest BCUT2D eigenvalue weighted by Crippen LogP contribution is 2.29. The van der Waals surface area contributed by atoms with Gasteiger partial charge >= 0.3 is 0 Å². The smallest absolute Gasteiger partial charge is 0.252 e. The van der Waals surface area contributed by atoms with Crippen LogP contribution in [0.1, 0.15) is 65.4 Å². The molecule has 0 aliphatic heterocycles. The SMILES string of the molecule is Cc1ccc(CN(Cc2cc3c(C)ccc(C)c3[nH]c2=O)Cc2nnnn2C2CCCC2)cc1. The first-order valence-corrected chi connectivity index (χ1v) is 12.1. The molecule has 0 radical (unpaired) electrons. The van der Waals surface area contributed by atoms with E-state index in [-0.39, 0.29) is 5.56 Å². The van der Waals surface area contributed by atoms with Crippen LogP contribution in [0.2, 0.25) is 0 Å². The summed E-state index contributed by atoms with van der Waals surface area (Å²) in [5, 5.41) is 13.8. The van der Waals surface area contributed by atoms with Gasteiger partial charge in [-0.1, -0.05) is 54.8 Å². The standard InChI is InChI=1S/C27H32N6O/c1-18-8-12-21(13-9-18)15-32(17-25-29-30-31-33(25)23-6-4-5-7-23)16-22-14-24-19(2)10-11-20(3)26(24)28-27(22)34/h8-14,23H,4-7,15-17H2,1-3H3,(H,28,34). The Hall–Kier alpha value is -3.32. The molecule has 1 aliphatic rings. The van der Waals surface area contributed by atoms with Gasteiger partial charge in [0, 0.05) is 24.0 Å². The van der Waals surface area contributed by atoms with Gasteiger partial charge in [-0.25, -0.2) is 4.68 Å². The molecule has 7 nitrogen and oxygen atoms in total. The highest BCUT2D eigenvalue weighted by molar-refractivity contribution is 5.85. The van der Waals surface area contributed by atoms with Gasteiger partial charge in [-0.2, -0.15) is 0 Å². The first kappa shape index (κ1) is 22.5. The number of H-pyrrole nitrogens is 1. The molecule has 0 unspecified atom stereocenters. The van der Waals surface area contributed by atoms with E-state index in [1.54, 1.807) is 0 Å². The summed E-state index contributed by atoms with van der Waals surface area (Å²) in [6.07, 6.45) is 4.70. The minimum atomic E-state index is -0.0366. The quantitative estimate of drug-likeness (QED) is 0.434. The Morgan fingerprint density at radius 3 is 2.47 bits per heavy atom. The predicted octanol–water partition coefficient (Wildman–Crippen LogP) is 4.76. The summed E-state index contributed by atoms with van der Waals surface area (Å²) in [7, 11) is 0. The number of benzene rings is 2. The third-order valence-electron chi connectivity index (χ3n) is 7.04. The maximum Gasteiger partial charge on any atom is 0.252 e. The lowest BCUT2D eigenvalue weighted by atomic mass is 10.0. The van der Waals surface area contributed by atoms with Crippen molar-refractivity contribution in [2.45, 2.75) is 72.1 Å². The van der Waals surface area contributed by atoms with E-state index in [1.165, 1.54) is 24.0 Å². The molecule has 2 aromatic carbocycles. The molecule has 0 spiro atoms. The molecule has 1 aliphatic carbocycles. The Kier molecular flexibility index (Phi) is 6.28. The minimum absolute atomic E-state index is 0.0366. The van der Waals surface area contributed by atoms with Crippen LogP contribution in [0, 0.1) is 20.8 Å². The number of nitrogens with one attached hydrogen (secondary N) is 1. The second kappa shape index (κ2) is 9.50. The van der Waals surface area contributed by atoms with Crippen LogP contribution in [0.5, 0.6) is 0 Å². The van der Waals surface area contributed by atoms with Crippen LogP contribution in [0.4, 0.5) is 0 Å². The molecule has 4 aromatic rings. The van der Waals surface area contributed by atoms with Gasteiger partial charge in [0.2, 0.25) is 0 Å². The normalized spacial score (nSPS) is 14.5. The highest BCUT2D eigenvalue weighted by atomic mass is 16.1. The molecule has 2 aromatic heterocycles. The molecular weight excluding hydrogens is 424 g/mol. The van der Waals surface area contributed by atoms with Crippen molar-refractivity contribution in [3.63, 3.8) is 0 Å². The number of hydrogen-bond donors (Lipinski definition) is 1. The van der Waals surface area contributed by atoms with Crippen molar-refractivity contribution < 1.29 is 0 Å². The van der Waals surface area contributed by atoms with E-state index in [4.69, 9.17) is 0 Å². The van der Waals surface area contributed by atoms with Gasteiger partial charge in [0.05, 0.1) is 18.1 Å². The van der Waals surface area contributed by atoms with E-state index < -0.39 is 0 Å². The van der Waals surface area contributed by atoms with E-state index in [0.29, 0.717) is 25.7 Å². The number of nitrogens with zero attached hydrogens (tertiary/aromatic N) is 5. The third-order valence-corrected chi connectivity index (χ3v) is 7.04. The number of hydrogen-bond acceptors (Lipinski definition) is 5. The summed E-state index contributed by atoms with van der Waals surface area (Å²) < 4.78 is 2.01.